The maximum absolute atomic E-state index is 17.7. The van der Waals surface area contributed by atoms with E-state index in [1.807, 2.05) is 0 Å². The zero-order valence-corrected chi connectivity index (χ0v) is 22.2. The van der Waals surface area contributed by atoms with Crippen molar-refractivity contribution in [3.63, 3.8) is 0 Å². The summed E-state index contributed by atoms with van der Waals surface area (Å²) in [5, 5.41) is 63.9. The first kappa shape index (κ1) is 28.0. The Morgan fingerprint density at radius 1 is 1.13 bits per heavy atom. The van der Waals surface area contributed by atoms with Crippen LogP contribution >= 0.6 is 0 Å². The molecule has 6 N–H and O–H groups in total. The van der Waals surface area contributed by atoms with Crippen LogP contribution in [0.25, 0.3) is 0 Å². The van der Waals surface area contributed by atoms with Gasteiger partial charge in [-0.2, -0.15) is 0 Å². The number of rotatable bonds is 3. The number of hydrogen-bond acceptors (Lipinski definition) is 9. The predicted molar refractivity (Wildman–Crippen MR) is 131 cm³/mol. The summed E-state index contributed by atoms with van der Waals surface area (Å²) in [5.74, 6) is -2.50. The van der Waals surface area contributed by atoms with Crippen molar-refractivity contribution >= 4 is 11.6 Å². The van der Waals surface area contributed by atoms with E-state index in [1.165, 1.54) is 19.1 Å². The number of ketones is 2. The summed E-state index contributed by atoms with van der Waals surface area (Å²) in [6.07, 6.45) is -5.64. The van der Waals surface area contributed by atoms with E-state index in [1.54, 1.807) is 20.8 Å². The van der Waals surface area contributed by atoms with Crippen molar-refractivity contribution in [1.29, 1.82) is 0 Å². The molecular weight excluding hydrogens is 499 g/mol. The molecule has 1 saturated heterocycles. The van der Waals surface area contributed by atoms with E-state index >= 15 is 4.39 Å². The van der Waals surface area contributed by atoms with Gasteiger partial charge in [0.2, 0.25) is 0 Å². The van der Waals surface area contributed by atoms with Gasteiger partial charge in [-0.1, -0.05) is 25.5 Å². The second kappa shape index (κ2) is 8.73. The Labute approximate surface area is 221 Å². The van der Waals surface area contributed by atoms with Gasteiger partial charge in [-0.3, -0.25) is 9.59 Å². The van der Waals surface area contributed by atoms with Crippen LogP contribution in [0.5, 0.6) is 0 Å². The molecule has 38 heavy (non-hydrogen) atoms. The molecule has 9 nitrogen and oxygen atoms in total. The van der Waals surface area contributed by atoms with Crippen molar-refractivity contribution in [3.8, 4) is 0 Å². The Morgan fingerprint density at radius 3 is 2.39 bits per heavy atom. The van der Waals surface area contributed by atoms with Crippen LogP contribution in [0.2, 0.25) is 0 Å². The van der Waals surface area contributed by atoms with Crippen LogP contribution in [0.4, 0.5) is 4.39 Å². The normalized spacial score (nSPS) is 54.4. The van der Waals surface area contributed by atoms with Crippen molar-refractivity contribution in [2.24, 2.45) is 28.6 Å². The zero-order valence-electron chi connectivity index (χ0n) is 22.2. The number of fused-ring (bicyclic) bond motifs is 5. The Hall–Kier alpha value is -1.53. The molecule has 0 amide bonds. The molecular formula is C28H39FO9. The monoisotopic (exact) mass is 538 g/mol. The highest BCUT2D eigenvalue weighted by atomic mass is 19.1. The fourth-order valence-corrected chi connectivity index (χ4v) is 9.00. The van der Waals surface area contributed by atoms with Crippen LogP contribution in [0.1, 0.15) is 53.4 Å². The number of alkyl halides is 1. The Kier molecular flexibility index (Phi) is 6.44. The van der Waals surface area contributed by atoms with E-state index in [0.717, 1.165) is 0 Å². The number of carbonyl (C=O) groups is 2. The van der Waals surface area contributed by atoms with Crippen molar-refractivity contribution in [1.82, 2.24) is 0 Å². The van der Waals surface area contributed by atoms with E-state index in [9.17, 15) is 40.2 Å². The molecule has 4 unspecified atom stereocenters. The molecule has 3 saturated carbocycles. The van der Waals surface area contributed by atoms with Crippen LogP contribution in [0, 0.1) is 28.6 Å². The molecule has 4 fully saturated rings. The molecule has 0 spiro atoms. The molecule has 13 atom stereocenters. The lowest BCUT2D eigenvalue weighted by molar-refractivity contribution is -0.223. The lowest BCUT2D eigenvalue weighted by atomic mass is 9.44. The number of aliphatic hydroxyl groups excluding tert-OH is 5. The minimum absolute atomic E-state index is 0.119. The van der Waals surface area contributed by atoms with E-state index in [-0.39, 0.29) is 12.0 Å². The number of hydrogen-bond donors (Lipinski definition) is 6. The molecule has 212 valence electrons. The summed E-state index contributed by atoms with van der Waals surface area (Å²) >= 11 is 0. The van der Waals surface area contributed by atoms with E-state index in [0.29, 0.717) is 24.8 Å². The highest BCUT2D eigenvalue weighted by Gasteiger charge is 2.75. The number of Topliss-reactive ketones (excluding diaryl/α,β-unsaturated/α-hetero) is 1. The fraction of sp³-hybridized carbons (Fsp3) is 0.786. The molecule has 0 aromatic heterocycles. The third-order valence-electron chi connectivity index (χ3n) is 11.1. The number of aliphatic hydroxyl groups is 6. The quantitative estimate of drug-likeness (QED) is 0.293. The average Bonchev–Trinajstić information content (AvgIpc) is 3.05. The molecule has 4 aliphatic carbocycles. The first-order chi connectivity index (χ1) is 17.6. The summed E-state index contributed by atoms with van der Waals surface area (Å²) in [7, 11) is 0. The highest BCUT2D eigenvalue weighted by Crippen LogP contribution is 2.71. The maximum Gasteiger partial charge on any atom is 0.184 e. The van der Waals surface area contributed by atoms with Gasteiger partial charge in [-0.05, 0) is 57.4 Å². The fourth-order valence-electron chi connectivity index (χ4n) is 9.00. The smallest absolute Gasteiger partial charge is 0.184 e. The second-order valence-corrected chi connectivity index (χ2v) is 12.7. The van der Waals surface area contributed by atoms with Gasteiger partial charge in [0.25, 0.3) is 0 Å². The van der Waals surface area contributed by atoms with Gasteiger partial charge < -0.3 is 35.4 Å². The topological polar surface area (TPSA) is 165 Å². The van der Waals surface area contributed by atoms with Crippen LogP contribution in [-0.4, -0.2) is 96.7 Å². The molecule has 0 aromatic carbocycles. The Balaban J connectivity index is 1.59. The van der Waals surface area contributed by atoms with Crippen LogP contribution < -0.4 is 0 Å². The van der Waals surface area contributed by atoms with E-state index in [2.05, 4.69) is 0 Å². The molecule has 0 bridgehead atoms. The molecule has 5 rings (SSSR count). The molecule has 1 aliphatic heterocycles. The van der Waals surface area contributed by atoms with Crippen molar-refractivity contribution in [2.75, 3.05) is 6.61 Å². The van der Waals surface area contributed by atoms with Gasteiger partial charge in [-0.25, -0.2) is 4.39 Å². The van der Waals surface area contributed by atoms with Gasteiger partial charge in [0, 0.05) is 22.3 Å². The minimum atomic E-state index is -2.26. The van der Waals surface area contributed by atoms with E-state index in [4.69, 9.17) is 4.74 Å². The largest absolute Gasteiger partial charge is 0.394 e. The molecule has 1 heterocycles. The lowest BCUT2D eigenvalue weighted by Crippen LogP contribution is -2.69. The molecule has 5 aliphatic rings. The summed E-state index contributed by atoms with van der Waals surface area (Å²) in [4.78, 5) is 25.9. The van der Waals surface area contributed by atoms with Gasteiger partial charge in [0.1, 0.15) is 36.1 Å². The van der Waals surface area contributed by atoms with E-state index < -0.39 is 94.7 Å². The van der Waals surface area contributed by atoms with Crippen molar-refractivity contribution in [2.45, 2.75) is 101 Å². The van der Waals surface area contributed by atoms with Crippen LogP contribution in [0.3, 0.4) is 0 Å². The zero-order chi connectivity index (χ0) is 28.2. The van der Waals surface area contributed by atoms with Crippen LogP contribution in [0.15, 0.2) is 23.3 Å². The first-order valence-electron chi connectivity index (χ1n) is 13.5. The lowest BCUT2D eigenvalue weighted by Gasteiger charge is -2.63. The second-order valence-electron chi connectivity index (χ2n) is 12.7. The van der Waals surface area contributed by atoms with Gasteiger partial charge in [0.05, 0.1) is 12.7 Å². The third kappa shape index (κ3) is 3.22. The number of halogens is 1. The number of allylic oxidation sites excluding steroid dienone is 3. The minimum Gasteiger partial charge on any atom is -0.394 e. The summed E-state index contributed by atoms with van der Waals surface area (Å²) in [6, 6.07) is 0. The third-order valence-corrected chi connectivity index (χ3v) is 11.1. The number of carbonyl (C=O) groups excluding carboxylic acids is 2. The SMILES string of the molecule is CC(=O)[C@@]1(O)C(C)C[C@H]2[C@@H]3CCC4=CC(=O)C(C5O[C@H](CO)[C@H](O)[C@H](O)[C@H]5O)=C[C@]4(C)C3(F)C(O)C[C@@]21C. The van der Waals surface area contributed by atoms with Gasteiger partial charge >= 0.3 is 0 Å². The molecule has 10 heteroatoms. The van der Waals surface area contributed by atoms with Crippen LogP contribution in [-0.2, 0) is 14.3 Å². The van der Waals surface area contributed by atoms with Crippen molar-refractivity contribution < 1.29 is 49.4 Å². The van der Waals surface area contributed by atoms with Gasteiger partial charge in [-0.15, -0.1) is 0 Å². The Bertz CT molecular complexity index is 1100. The molecule has 0 aromatic rings. The highest BCUT2D eigenvalue weighted by molar-refractivity contribution is 6.07. The van der Waals surface area contributed by atoms with Gasteiger partial charge in [0.15, 0.2) is 17.2 Å². The summed E-state index contributed by atoms with van der Waals surface area (Å²) < 4.78 is 23.3. The molecule has 0 radical (unpaired) electrons. The summed E-state index contributed by atoms with van der Waals surface area (Å²) in [6.45, 7) is 5.80. The standard InChI is InChI=1S/C28H39FO9/c1-12-7-17-16-6-5-14-8-18(32)15(24-23(36)22(35)21(34)19(11-30)38-24)9-25(14,3)27(16,29)20(33)10-26(17,4)28(12,37)13(2)31/h8-9,12,16-17,19-24,30,33-37H,5-7,10-11H2,1-4H3/t12?,16-,17-,19+,20?,21-,22-,23+,24?,25-,26-,27?,28-/m0/s1. The maximum atomic E-state index is 17.7. The average molecular weight is 539 g/mol. The number of ether oxygens (including phenoxy) is 1. The Morgan fingerprint density at radius 2 is 1.79 bits per heavy atom. The summed E-state index contributed by atoms with van der Waals surface area (Å²) in [5.41, 5.74) is -6.11. The first-order valence-corrected chi connectivity index (χ1v) is 13.5. The van der Waals surface area contributed by atoms with Crippen molar-refractivity contribution in [3.05, 3.63) is 23.3 Å². The predicted octanol–water partition coefficient (Wildman–Crippen LogP) is 0.136.